The lowest BCUT2D eigenvalue weighted by Crippen LogP contribution is -2.14. The number of hydrogen-bond acceptors (Lipinski definition) is 5. The normalized spacial score (nSPS) is 10.7. The van der Waals surface area contributed by atoms with Gasteiger partial charge in [0.1, 0.15) is 17.5 Å². The first kappa shape index (κ1) is 14.7. The van der Waals surface area contributed by atoms with Crippen molar-refractivity contribution < 1.29 is 13.2 Å². The van der Waals surface area contributed by atoms with E-state index < -0.39 is 10.0 Å². The third-order valence-electron chi connectivity index (χ3n) is 2.79. The van der Waals surface area contributed by atoms with E-state index in [0.29, 0.717) is 5.69 Å². The van der Waals surface area contributed by atoms with Gasteiger partial charge in [0.15, 0.2) is 0 Å². The van der Waals surface area contributed by atoms with E-state index in [1.54, 1.807) is 12.1 Å². The topological polar surface area (TPSA) is 105 Å². The molecular formula is C14H13N3O3S. The number of nitriles is 1. The number of nitrogen functional groups attached to an aromatic ring is 1. The summed E-state index contributed by atoms with van der Waals surface area (Å²) in [5, 5.41) is 9.09. The summed E-state index contributed by atoms with van der Waals surface area (Å²) in [7, 11) is -2.43. The standard InChI is InChI=1S/C14H13N3O3S/c1-20-13-4-2-3-10(9-15)14(13)17-21(18,19)12-7-5-11(16)6-8-12/h2-8,17H,16H2,1H3. The van der Waals surface area contributed by atoms with E-state index in [1.165, 1.54) is 37.4 Å². The number of nitrogens with two attached hydrogens (primary N) is 1. The van der Waals surface area contributed by atoms with Gasteiger partial charge in [-0.25, -0.2) is 8.42 Å². The molecule has 2 aromatic rings. The van der Waals surface area contributed by atoms with Gasteiger partial charge in [0.25, 0.3) is 10.0 Å². The van der Waals surface area contributed by atoms with Crippen LogP contribution >= 0.6 is 0 Å². The number of anilines is 2. The van der Waals surface area contributed by atoms with Crippen LogP contribution in [-0.4, -0.2) is 15.5 Å². The lowest BCUT2D eigenvalue weighted by Gasteiger charge is -2.13. The minimum absolute atomic E-state index is 0.0477. The van der Waals surface area contributed by atoms with Gasteiger partial charge in [0.05, 0.1) is 17.6 Å². The number of para-hydroxylation sites is 1. The van der Waals surface area contributed by atoms with Gasteiger partial charge in [-0.1, -0.05) is 6.07 Å². The van der Waals surface area contributed by atoms with Crippen molar-refractivity contribution in [3.05, 3.63) is 48.0 Å². The third kappa shape index (κ3) is 3.07. The number of nitrogens with one attached hydrogen (secondary N) is 1. The number of hydrogen-bond donors (Lipinski definition) is 2. The van der Waals surface area contributed by atoms with Gasteiger partial charge in [0, 0.05) is 5.69 Å². The molecule has 0 radical (unpaired) electrons. The molecule has 2 rings (SSSR count). The molecule has 0 saturated carbocycles. The van der Waals surface area contributed by atoms with Crippen LogP contribution in [0.4, 0.5) is 11.4 Å². The van der Waals surface area contributed by atoms with Gasteiger partial charge in [-0.2, -0.15) is 5.26 Å². The average Bonchev–Trinajstić information content (AvgIpc) is 2.47. The first-order valence-corrected chi connectivity index (χ1v) is 7.41. The van der Waals surface area contributed by atoms with Crippen LogP contribution in [0.5, 0.6) is 5.75 Å². The van der Waals surface area contributed by atoms with Crippen molar-refractivity contribution in [2.45, 2.75) is 4.90 Å². The number of benzene rings is 2. The molecule has 0 unspecified atom stereocenters. The van der Waals surface area contributed by atoms with Crippen LogP contribution in [0.1, 0.15) is 5.56 Å². The number of rotatable bonds is 4. The van der Waals surface area contributed by atoms with Crippen LogP contribution in [0.3, 0.4) is 0 Å². The molecule has 0 spiro atoms. The zero-order valence-electron chi connectivity index (χ0n) is 11.2. The highest BCUT2D eigenvalue weighted by atomic mass is 32.2. The fourth-order valence-electron chi connectivity index (χ4n) is 1.74. The Bertz CT molecular complexity index is 793. The highest BCUT2D eigenvalue weighted by Gasteiger charge is 2.19. The fraction of sp³-hybridized carbons (Fsp3) is 0.0714. The molecule has 0 aliphatic carbocycles. The third-order valence-corrected chi connectivity index (χ3v) is 4.16. The largest absolute Gasteiger partial charge is 0.495 e. The van der Waals surface area contributed by atoms with Crippen molar-refractivity contribution in [2.75, 3.05) is 17.6 Å². The van der Waals surface area contributed by atoms with Crippen LogP contribution in [0.15, 0.2) is 47.4 Å². The number of nitrogens with zero attached hydrogens (tertiary/aromatic N) is 1. The fourth-order valence-corrected chi connectivity index (χ4v) is 2.83. The predicted octanol–water partition coefficient (Wildman–Crippen LogP) is 1.95. The predicted molar refractivity (Wildman–Crippen MR) is 79.4 cm³/mol. The van der Waals surface area contributed by atoms with Crippen LogP contribution < -0.4 is 15.2 Å². The lowest BCUT2D eigenvalue weighted by molar-refractivity contribution is 0.417. The van der Waals surface area contributed by atoms with Crippen LogP contribution in [0, 0.1) is 11.3 Å². The van der Waals surface area contributed by atoms with E-state index in [2.05, 4.69) is 4.72 Å². The Morgan fingerprint density at radius 1 is 1.19 bits per heavy atom. The van der Waals surface area contributed by atoms with Gasteiger partial charge in [-0.15, -0.1) is 0 Å². The van der Waals surface area contributed by atoms with Crippen LogP contribution in [-0.2, 0) is 10.0 Å². The summed E-state index contributed by atoms with van der Waals surface area (Å²) >= 11 is 0. The highest BCUT2D eigenvalue weighted by molar-refractivity contribution is 7.92. The van der Waals surface area contributed by atoms with Crippen molar-refractivity contribution in [1.29, 1.82) is 5.26 Å². The van der Waals surface area contributed by atoms with E-state index in [9.17, 15) is 8.42 Å². The molecule has 0 aromatic heterocycles. The second-order valence-corrected chi connectivity index (χ2v) is 5.85. The van der Waals surface area contributed by atoms with Crippen molar-refractivity contribution in [3.8, 4) is 11.8 Å². The molecule has 0 atom stereocenters. The molecule has 21 heavy (non-hydrogen) atoms. The molecule has 3 N–H and O–H groups in total. The van der Waals surface area contributed by atoms with Crippen molar-refractivity contribution in [2.24, 2.45) is 0 Å². The van der Waals surface area contributed by atoms with E-state index >= 15 is 0 Å². The van der Waals surface area contributed by atoms with E-state index in [0.717, 1.165) is 0 Å². The zero-order chi connectivity index (χ0) is 15.5. The zero-order valence-corrected chi connectivity index (χ0v) is 12.0. The van der Waals surface area contributed by atoms with Gasteiger partial charge >= 0.3 is 0 Å². The van der Waals surface area contributed by atoms with Gasteiger partial charge < -0.3 is 10.5 Å². The summed E-state index contributed by atoms with van der Waals surface area (Å²) in [5.41, 5.74) is 6.28. The molecule has 108 valence electrons. The molecule has 6 nitrogen and oxygen atoms in total. The molecule has 0 saturated heterocycles. The molecule has 0 bridgehead atoms. The maximum atomic E-state index is 12.3. The molecule has 2 aromatic carbocycles. The number of sulfonamides is 1. The van der Waals surface area contributed by atoms with Crippen molar-refractivity contribution >= 4 is 21.4 Å². The summed E-state index contributed by atoms with van der Waals surface area (Å²) in [6.45, 7) is 0. The highest BCUT2D eigenvalue weighted by Crippen LogP contribution is 2.30. The smallest absolute Gasteiger partial charge is 0.262 e. The monoisotopic (exact) mass is 303 g/mol. The van der Waals surface area contributed by atoms with Crippen LogP contribution in [0.25, 0.3) is 0 Å². The Labute approximate surface area is 122 Å². The first-order chi connectivity index (χ1) is 9.97. The van der Waals surface area contributed by atoms with Gasteiger partial charge in [-0.05, 0) is 36.4 Å². The number of ether oxygens (including phenoxy) is 1. The summed E-state index contributed by atoms with van der Waals surface area (Å²) < 4.78 is 32.1. The minimum Gasteiger partial charge on any atom is -0.495 e. The minimum atomic E-state index is -3.83. The maximum absolute atomic E-state index is 12.3. The average molecular weight is 303 g/mol. The first-order valence-electron chi connectivity index (χ1n) is 5.93. The van der Waals surface area contributed by atoms with Crippen LogP contribution in [0.2, 0.25) is 0 Å². The summed E-state index contributed by atoms with van der Waals surface area (Å²) in [6.07, 6.45) is 0. The summed E-state index contributed by atoms with van der Waals surface area (Å²) in [6, 6.07) is 12.4. The van der Waals surface area contributed by atoms with Crippen molar-refractivity contribution in [1.82, 2.24) is 0 Å². The summed E-state index contributed by atoms with van der Waals surface area (Å²) in [4.78, 5) is 0.0477. The van der Waals surface area contributed by atoms with E-state index in [1.807, 2.05) is 6.07 Å². The molecule has 0 fully saturated rings. The Morgan fingerprint density at radius 2 is 1.86 bits per heavy atom. The Balaban J connectivity index is 2.46. The second kappa shape index (κ2) is 5.73. The lowest BCUT2D eigenvalue weighted by atomic mass is 10.2. The number of methoxy groups -OCH3 is 1. The molecule has 7 heteroatoms. The molecule has 0 heterocycles. The van der Waals surface area contributed by atoms with Crippen molar-refractivity contribution in [3.63, 3.8) is 0 Å². The quantitative estimate of drug-likeness (QED) is 0.840. The molecule has 0 aliphatic rings. The molecular weight excluding hydrogens is 290 g/mol. The van der Waals surface area contributed by atoms with Gasteiger partial charge in [-0.3, -0.25) is 4.72 Å². The summed E-state index contributed by atoms with van der Waals surface area (Å²) in [5.74, 6) is 0.271. The Morgan fingerprint density at radius 3 is 2.43 bits per heavy atom. The molecule has 0 aliphatic heterocycles. The van der Waals surface area contributed by atoms with E-state index in [-0.39, 0.29) is 21.9 Å². The Kier molecular flexibility index (Phi) is 4.00. The SMILES string of the molecule is COc1cccc(C#N)c1NS(=O)(=O)c1ccc(N)cc1. The Hall–Kier alpha value is -2.72. The second-order valence-electron chi connectivity index (χ2n) is 4.17. The van der Waals surface area contributed by atoms with E-state index in [4.69, 9.17) is 15.7 Å². The maximum Gasteiger partial charge on any atom is 0.262 e. The van der Waals surface area contributed by atoms with Gasteiger partial charge in [0.2, 0.25) is 0 Å². The molecule has 0 amide bonds.